The van der Waals surface area contributed by atoms with Crippen molar-refractivity contribution in [1.82, 2.24) is 9.55 Å². The van der Waals surface area contributed by atoms with E-state index in [1.54, 1.807) is 18.2 Å². The quantitative estimate of drug-likeness (QED) is 0.560. The molecule has 130 valence electrons. The van der Waals surface area contributed by atoms with Crippen LogP contribution in [0.15, 0.2) is 78.9 Å². The first-order chi connectivity index (χ1) is 12.7. The van der Waals surface area contributed by atoms with E-state index in [9.17, 15) is 10.0 Å². The molecule has 26 heavy (non-hydrogen) atoms. The maximum atomic E-state index is 9.45. The monoisotopic (exact) mass is 344 g/mol. The van der Waals surface area contributed by atoms with Gasteiger partial charge in [-0.1, -0.05) is 68.4 Å². The van der Waals surface area contributed by atoms with Crippen LogP contribution in [0.4, 0.5) is 0 Å². The minimum Gasteiger partial charge on any atom is -0.423 e. The van der Waals surface area contributed by atoms with E-state index in [0.717, 1.165) is 28.1 Å². The van der Waals surface area contributed by atoms with E-state index in [1.165, 1.54) is 0 Å². The second-order valence-corrected chi connectivity index (χ2v) is 5.59. The fraction of sp³-hybridized carbons (Fsp3) is 0.0952. The van der Waals surface area contributed by atoms with Gasteiger partial charge in [-0.15, -0.1) is 0 Å². The molecule has 0 radical (unpaired) electrons. The van der Waals surface area contributed by atoms with Gasteiger partial charge in [0.15, 0.2) is 0 Å². The molecule has 2 N–H and O–H groups in total. The van der Waals surface area contributed by atoms with E-state index in [2.05, 4.69) is 4.57 Å². The van der Waals surface area contributed by atoms with Gasteiger partial charge < -0.3 is 10.0 Å². The molecule has 0 amide bonds. The Morgan fingerprint density at radius 2 is 1.50 bits per heavy atom. The summed E-state index contributed by atoms with van der Waals surface area (Å²) in [6.07, 6.45) is 0. The number of fused-ring (bicyclic) bond motifs is 1. The highest BCUT2D eigenvalue weighted by Crippen LogP contribution is 2.28. The molecule has 0 saturated heterocycles. The van der Waals surface area contributed by atoms with Gasteiger partial charge in [0.1, 0.15) is 5.82 Å². The lowest BCUT2D eigenvalue weighted by molar-refractivity contribution is 0.426. The molecule has 0 unspecified atom stereocenters. The number of benzene rings is 3. The summed E-state index contributed by atoms with van der Waals surface area (Å²) in [6.45, 7) is 4.00. The first kappa shape index (κ1) is 17.9. The van der Waals surface area contributed by atoms with Gasteiger partial charge >= 0.3 is 7.12 Å². The molecule has 4 nitrogen and oxygen atoms in total. The van der Waals surface area contributed by atoms with Crippen molar-refractivity contribution in [3.05, 3.63) is 78.9 Å². The number of nitrogens with zero attached hydrogens (tertiary/aromatic N) is 2. The van der Waals surface area contributed by atoms with Crippen LogP contribution in [-0.2, 0) is 0 Å². The fourth-order valence-corrected chi connectivity index (χ4v) is 2.90. The zero-order valence-electron chi connectivity index (χ0n) is 14.9. The highest BCUT2D eigenvalue weighted by atomic mass is 16.4. The highest BCUT2D eigenvalue weighted by Gasteiger charge is 2.16. The third-order valence-electron chi connectivity index (χ3n) is 4.02. The van der Waals surface area contributed by atoms with E-state index in [1.807, 2.05) is 74.5 Å². The first-order valence-corrected chi connectivity index (χ1v) is 8.73. The Bertz CT molecular complexity index is 997. The summed E-state index contributed by atoms with van der Waals surface area (Å²) in [6, 6.07) is 25.1. The van der Waals surface area contributed by atoms with Crippen LogP contribution in [0.1, 0.15) is 13.8 Å². The molecule has 0 aliphatic rings. The molecule has 0 aliphatic heterocycles. The van der Waals surface area contributed by atoms with Gasteiger partial charge in [-0.05, 0) is 29.7 Å². The maximum Gasteiger partial charge on any atom is 0.488 e. The van der Waals surface area contributed by atoms with E-state index in [4.69, 9.17) is 4.98 Å². The summed E-state index contributed by atoms with van der Waals surface area (Å²) < 4.78 is 2.08. The number of aromatic nitrogens is 2. The summed E-state index contributed by atoms with van der Waals surface area (Å²) in [7, 11) is -1.50. The van der Waals surface area contributed by atoms with Gasteiger partial charge in [0.25, 0.3) is 0 Å². The number of rotatable bonds is 3. The Labute approximate surface area is 153 Å². The molecule has 4 rings (SSSR count). The highest BCUT2D eigenvalue weighted by molar-refractivity contribution is 6.58. The smallest absolute Gasteiger partial charge is 0.423 e. The molecule has 0 saturated carbocycles. The van der Waals surface area contributed by atoms with Crippen LogP contribution < -0.4 is 5.46 Å². The van der Waals surface area contributed by atoms with Crippen molar-refractivity contribution in [2.75, 3.05) is 0 Å². The average Bonchev–Trinajstić information content (AvgIpc) is 3.10. The van der Waals surface area contributed by atoms with Gasteiger partial charge in [-0.2, -0.15) is 0 Å². The third-order valence-corrected chi connectivity index (χ3v) is 4.02. The molecule has 0 spiro atoms. The predicted octanol–water partition coefficient (Wildman–Crippen LogP) is 3.40. The molecule has 1 heterocycles. The minimum atomic E-state index is -1.50. The van der Waals surface area contributed by atoms with Crippen molar-refractivity contribution in [1.29, 1.82) is 0 Å². The fourth-order valence-electron chi connectivity index (χ4n) is 2.90. The van der Waals surface area contributed by atoms with Crippen molar-refractivity contribution < 1.29 is 10.0 Å². The first-order valence-electron chi connectivity index (χ1n) is 8.73. The normalized spacial score (nSPS) is 10.3. The van der Waals surface area contributed by atoms with Crippen LogP contribution in [0.2, 0.25) is 0 Å². The summed E-state index contributed by atoms with van der Waals surface area (Å²) in [5, 5.41) is 18.9. The maximum absolute atomic E-state index is 9.45. The van der Waals surface area contributed by atoms with Gasteiger partial charge in [0, 0.05) is 11.3 Å². The van der Waals surface area contributed by atoms with Crippen molar-refractivity contribution in [3.63, 3.8) is 0 Å². The second kappa shape index (κ2) is 8.00. The van der Waals surface area contributed by atoms with Gasteiger partial charge in [-0.3, -0.25) is 4.57 Å². The average molecular weight is 344 g/mol. The lowest BCUT2D eigenvalue weighted by Gasteiger charge is -2.10. The molecule has 5 heteroatoms. The molecular formula is C21H21BN2O2. The van der Waals surface area contributed by atoms with Crippen LogP contribution in [0.3, 0.4) is 0 Å². The van der Waals surface area contributed by atoms with E-state index >= 15 is 0 Å². The lowest BCUT2D eigenvalue weighted by atomic mass is 9.79. The Morgan fingerprint density at radius 3 is 2.23 bits per heavy atom. The number of para-hydroxylation sites is 3. The van der Waals surface area contributed by atoms with Crippen LogP contribution in [0, 0.1) is 0 Å². The van der Waals surface area contributed by atoms with Gasteiger partial charge in [0.05, 0.1) is 11.0 Å². The van der Waals surface area contributed by atoms with Crippen molar-refractivity contribution >= 4 is 23.6 Å². The number of imidazole rings is 1. The Kier molecular flexibility index (Phi) is 5.51. The molecule has 3 aromatic carbocycles. The number of hydrogen-bond acceptors (Lipinski definition) is 3. The van der Waals surface area contributed by atoms with E-state index in [0.29, 0.717) is 5.46 Å². The molecule has 4 aromatic rings. The van der Waals surface area contributed by atoms with Crippen LogP contribution in [0.25, 0.3) is 28.1 Å². The van der Waals surface area contributed by atoms with Crippen LogP contribution >= 0.6 is 0 Å². The third kappa shape index (κ3) is 3.40. The summed E-state index contributed by atoms with van der Waals surface area (Å²) in [5.41, 5.74) is 4.19. The summed E-state index contributed by atoms with van der Waals surface area (Å²) in [4.78, 5) is 4.76. The molecular weight excluding hydrogens is 323 g/mol. The number of hydrogen-bond donors (Lipinski definition) is 2. The molecule has 0 fully saturated rings. The van der Waals surface area contributed by atoms with Crippen molar-refractivity contribution in [2.24, 2.45) is 0 Å². The second-order valence-electron chi connectivity index (χ2n) is 5.59. The summed E-state index contributed by atoms with van der Waals surface area (Å²) in [5.74, 6) is 0.768. The molecule has 0 atom stereocenters. The predicted molar refractivity (Wildman–Crippen MR) is 108 cm³/mol. The molecule has 0 bridgehead atoms. The SMILES string of the molecule is CC.OB(O)c1cccc(-c2nc3ccccc3n2-c2ccccc2)c1. The minimum absolute atomic E-state index is 0.444. The van der Waals surface area contributed by atoms with Crippen molar-refractivity contribution in [2.45, 2.75) is 13.8 Å². The van der Waals surface area contributed by atoms with E-state index in [-0.39, 0.29) is 0 Å². The lowest BCUT2D eigenvalue weighted by Crippen LogP contribution is -2.29. The van der Waals surface area contributed by atoms with Crippen LogP contribution in [0.5, 0.6) is 0 Å². The Balaban J connectivity index is 0.000000948. The standard InChI is InChI=1S/C19H15BN2O2.C2H6/c23-20(24)15-8-6-7-14(13-15)19-21-17-11-4-5-12-18(17)22(19)16-9-2-1-3-10-16;1-2/h1-13,23-24H;1-2H3. The van der Waals surface area contributed by atoms with E-state index < -0.39 is 7.12 Å². The van der Waals surface area contributed by atoms with Gasteiger partial charge in [0.2, 0.25) is 0 Å². The topological polar surface area (TPSA) is 58.3 Å². The zero-order valence-corrected chi connectivity index (χ0v) is 14.9. The van der Waals surface area contributed by atoms with Crippen LogP contribution in [-0.4, -0.2) is 26.7 Å². The molecule has 0 aliphatic carbocycles. The summed E-state index contributed by atoms with van der Waals surface area (Å²) >= 11 is 0. The van der Waals surface area contributed by atoms with Gasteiger partial charge in [-0.25, -0.2) is 4.98 Å². The van der Waals surface area contributed by atoms with Crippen molar-refractivity contribution in [3.8, 4) is 17.1 Å². The Hall–Kier alpha value is -2.89. The largest absolute Gasteiger partial charge is 0.488 e. The molecule has 1 aromatic heterocycles. The zero-order chi connectivity index (χ0) is 18.5. The Morgan fingerprint density at radius 1 is 0.808 bits per heavy atom.